The van der Waals surface area contributed by atoms with Crippen LogP contribution in [-0.4, -0.2) is 42.5 Å². The van der Waals surface area contributed by atoms with E-state index in [4.69, 9.17) is 4.42 Å². The quantitative estimate of drug-likeness (QED) is 0.605. The highest BCUT2D eigenvalue weighted by atomic mass is 16.4. The molecule has 0 amide bonds. The first-order chi connectivity index (χ1) is 13.1. The monoisotopic (exact) mass is 369 g/mol. The first kappa shape index (κ1) is 19.4. The zero-order chi connectivity index (χ0) is 19.2. The number of likely N-dealkylation sites (tertiary alicyclic amines) is 1. The summed E-state index contributed by atoms with van der Waals surface area (Å²) in [6, 6.07) is 9.22. The van der Waals surface area contributed by atoms with Gasteiger partial charge in [0, 0.05) is 13.6 Å². The van der Waals surface area contributed by atoms with E-state index in [2.05, 4.69) is 56.7 Å². The summed E-state index contributed by atoms with van der Waals surface area (Å²) in [4.78, 5) is 11.3. The molecule has 2 heterocycles. The van der Waals surface area contributed by atoms with Crippen molar-refractivity contribution < 1.29 is 4.42 Å². The van der Waals surface area contributed by atoms with Gasteiger partial charge in [-0.15, -0.1) is 0 Å². The van der Waals surface area contributed by atoms with Gasteiger partial charge in [0.25, 0.3) is 0 Å². The lowest BCUT2D eigenvalue weighted by molar-refractivity contribution is 0.245. The molecule has 0 saturated carbocycles. The Kier molecular flexibility index (Phi) is 6.50. The summed E-state index contributed by atoms with van der Waals surface area (Å²) in [6.07, 6.45) is 2.55. The smallest absolute Gasteiger partial charge is 0.214 e. The molecule has 1 unspecified atom stereocenters. The average molecular weight is 370 g/mol. The fraction of sp³-hybridized carbons (Fsp3) is 0.524. The van der Waals surface area contributed by atoms with Crippen molar-refractivity contribution >= 4 is 5.96 Å². The van der Waals surface area contributed by atoms with Crippen molar-refractivity contribution in [3.05, 3.63) is 52.7 Å². The van der Waals surface area contributed by atoms with Gasteiger partial charge >= 0.3 is 0 Å². The van der Waals surface area contributed by atoms with Gasteiger partial charge in [0.2, 0.25) is 5.89 Å². The number of hydrogen-bond donors (Lipinski definition) is 2. The molecule has 146 valence electrons. The lowest BCUT2D eigenvalue weighted by Gasteiger charge is -2.29. The van der Waals surface area contributed by atoms with Crippen LogP contribution in [0.2, 0.25) is 0 Å². The predicted molar refractivity (Wildman–Crippen MR) is 109 cm³/mol. The molecule has 6 heteroatoms. The topological polar surface area (TPSA) is 65.7 Å². The highest BCUT2D eigenvalue weighted by molar-refractivity contribution is 5.79. The van der Waals surface area contributed by atoms with Gasteiger partial charge in [-0.25, -0.2) is 4.98 Å². The number of benzene rings is 1. The Hall–Kier alpha value is -2.34. The highest BCUT2D eigenvalue weighted by Gasteiger charge is 2.23. The van der Waals surface area contributed by atoms with Gasteiger partial charge in [-0.2, -0.15) is 0 Å². The number of aliphatic imine (C=N–C) groups is 1. The summed E-state index contributed by atoms with van der Waals surface area (Å²) in [5.74, 6) is 2.31. The second-order valence-electron chi connectivity index (χ2n) is 7.23. The van der Waals surface area contributed by atoms with E-state index in [-0.39, 0.29) is 0 Å². The molecular formula is C21H31N5O. The van der Waals surface area contributed by atoms with E-state index in [1.54, 1.807) is 7.05 Å². The van der Waals surface area contributed by atoms with Gasteiger partial charge in [-0.1, -0.05) is 29.8 Å². The standard InChI is InChI=1S/C21H31N5O/c1-15-7-9-18(10-8-15)19(26-11-5-6-12-26)13-23-21(22-4)24-14-20-25-16(2)17(3)27-20/h7-10,19H,5-6,11-14H2,1-4H3,(H2,22,23,24). The maximum absolute atomic E-state index is 5.63. The summed E-state index contributed by atoms with van der Waals surface area (Å²) < 4.78 is 5.63. The molecule has 0 bridgehead atoms. The third-order valence-electron chi connectivity index (χ3n) is 5.21. The van der Waals surface area contributed by atoms with Crippen molar-refractivity contribution in [1.29, 1.82) is 0 Å². The van der Waals surface area contributed by atoms with Crippen LogP contribution >= 0.6 is 0 Å². The van der Waals surface area contributed by atoms with Gasteiger partial charge in [0.15, 0.2) is 5.96 Å². The fourth-order valence-electron chi connectivity index (χ4n) is 3.49. The van der Waals surface area contributed by atoms with Crippen LogP contribution in [0.25, 0.3) is 0 Å². The Bertz CT molecular complexity index is 740. The van der Waals surface area contributed by atoms with Gasteiger partial charge in [0.05, 0.1) is 18.3 Å². The van der Waals surface area contributed by atoms with Crippen LogP contribution in [0.4, 0.5) is 0 Å². The minimum absolute atomic E-state index is 0.345. The predicted octanol–water partition coefficient (Wildman–Crippen LogP) is 3.10. The lowest BCUT2D eigenvalue weighted by atomic mass is 10.0. The van der Waals surface area contributed by atoms with Crippen molar-refractivity contribution in [2.45, 2.75) is 46.2 Å². The first-order valence-corrected chi connectivity index (χ1v) is 9.75. The van der Waals surface area contributed by atoms with Crippen molar-refractivity contribution in [2.75, 3.05) is 26.7 Å². The second kappa shape index (κ2) is 9.04. The molecular weight excluding hydrogens is 338 g/mol. The number of nitrogens with zero attached hydrogens (tertiary/aromatic N) is 3. The molecule has 6 nitrogen and oxygen atoms in total. The molecule has 1 fully saturated rings. The van der Waals surface area contributed by atoms with Gasteiger partial charge in [-0.05, 0) is 52.3 Å². The number of aryl methyl sites for hydroxylation is 3. The molecule has 1 saturated heterocycles. The largest absolute Gasteiger partial charge is 0.444 e. The van der Waals surface area contributed by atoms with E-state index in [9.17, 15) is 0 Å². The molecule has 2 aromatic rings. The number of rotatable bonds is 6. The summed E-state index contributed by atoms with van der Waals surface area (Å²) in [5.41, 5.74) is 3.58. The number of guanidine groups is 1. The Balaban J connectivity index is 1.61. The molecule has 0 spiro atoms. The Morgan fingerprint density at radius 2 is 1.85 bits per heavy atom. The van der Waals surface area contributed by atoms with E-state index in [1.165, 1.54) is 24.0 Å². The Morgan fingerprint density at radius 3 is 2.44 bits per heavy atom. The number of hydrogen-bond acceptors (Lipinski definition) is 4. The van der Waals surface area contributed by atoms with E-state index in [0.717, 1.165) is 37.0 Å². The SMILES string of the molecule is CN=C(NCc1nc(C)c(C)o1)NCC(c1ccc(C)cc1)N1CCCC1. The summed E-state index contributed by atoms with van der Waals surface area (Å²) in [5, 5.41) is 6.78. The van der Waals surface area contributed by atoms with Crippen molar-refractivity contribution in [3.63, 3.8) is 0 Å². The van der Waals surface area contributed by atoms with Crippen LogP contribution < -0.4 is 10.6 Å². The maximum Gasteiger partial charge on any atom is 0.214 e. The van der Waals surface area contributed by atoms with Crippen molar-refractivity contribution in [2.24, 2.45) is 4.99 Å². The minimum atomic E-state index is 0.345. The number of oxazole rings is 1. The van der Waals surface area contributed by atoms with E-state index < -0.39 is 0 Å². The van der Waals surface area contributed by atoms with Crippen LogP contribution in [0, 0.1) is 20.8 Å². The molecule has 0 radical (unpaired) electrons. The third-order valence-corrected chi connectivity index (χ3v) is 5.21. The average Bonchev–Trinajstić information content (AvgIpc) is 3.30. The molecule has 2 N–H and O–H groups in total. The summed E-state index contributed by atoms with van der Waals surface area (Å²) in [6.45, 7) is 9.66. The van der Waals surface area contributed by atoms with Crippen LogP contribution in [-0.2, 0) is 6.54 Å². The molecule has 27 heavy (non-hydrogen) atoms. The van der Waals surface area contributed by atoms with Crippen LogP contribution in [0.5, 0.6) is 0 Å². The summed E-state index contributed by atoms with van der Waals surface area (Å²) in [7, 11) is 1.79. The van der Waals surface area contributed by atoms with Crippen LogP contribution in [0.1, 0.15) is 47.4 Å². The summed E-state index contributed by atoms with van der Waals surface area (Å²) >= 11 is 0. The molecule has 1 aromatic carbocycles. The van der Waals surface area contributed by atoms with E-state index in [1.807, 2.05) is 13.8 Å². The molecule has 0 aliphatic carbocycles. The molecule has 1 aliphatic rings. The molecule has 3 rings (SSSR count). The Morgan fingerprint density at radius 1 is 1.15 bits per heavy atom. The van der Waals surface area contributed by atoms with Gasteiger partial charge < -0.3 is 15.1 Å². The van der Waals surface area contributed by atoms with Gasteiger partial charge in [-0.3, -0.25) is 9.89 Å². The number of aromatic nitrogens is 1. The normalized spacial score (nSPS) is 16.5. The minimum Gasteiger partial charge on any atom is -0.444 e. The lowest BCUT2D eigenvalue weighted by Crippen LogP contribution is -2.42. The van der Waals surface area contributed by atoms with Gasteiger partial charge in [0.1, 0.15) is 5.76 Å². The zero-order valence-corrected chi connectivity index (χ0v) is 16.9. The van der Waals surface area contributed by atoms with Crippen LogP contribution in [0.15, 0.2) is 33.7 Å². The maximum atomic E-state index is 5.63. The third kappa shape index (κ3) is 5.10. The Labute approximate surface area is 162 Å². The second-order valence-corrected chi connectivity index (χ2v) is 7.23. The van der Waals surface area contributed by atoms with Crippen molar-refractivity contribution in [1.82, 2.24) is 20.5 Å². The zero-order valence-electron chi connectivity index (χ0n) is 16.9. The molecule has 1 aliphatic heterocycles. The van der Waals surface area contributed by atoms with Crippen molar-refractivity contribution in [3.8, 4) is 0 Å². The molecule has 1 atom stereocenters. The van der Waals surface area contributed by atoms with E-state index >= 15 is 0 Å². The van der Waals surface area contributed by atoms with Crippen LogP contribution in [0.3, 0.4) is 0 Å². The fourth-order valence-corrected chi connectivity index (χ4v) is 3.49. The highest BCUT2D eigenvalue weighted by Crippen LogP contribution is 2.24. The molecule has 1 aromatic heterocycles. The number of nitrogens with one attached hydrogen (secondary N) is 2. The van der Waals surface area contributed by atoms with E-state index in [0.29, 0.717) is 18.5 Å². The first-order valence-electron chi connectivity index (χ1n) is 9.75.